The second-order valence-corrected chi connectivity index (χ2v) is 3.65. The molecule has 15 heavy (non-hydrogen) atoms. The van der Waals surface area contributed by atoms with Crippen LogP contribution in [-0.2, 0) is 4.79 Å². The number of para-hydroxylation sites is 1. The second kappa shape index (κ2) is 3.42. The van der Waals surface area contributed by atoms with Crippen LogP contribution < -0.4 is 4.74 Å². The van der Waals surface area contributed by atoms with Crippen molar-refractivity contribution >= 4 is 11.5 Å². The van der Waals surface area contributed by atoms with Crippen LogP contribution in [-0.4, -0.2) is 17.7 Å². The maximum atomic E-state index is 10.9. The van der Waals surface area contributed by atoms with Gasteiger partial charge in [-0.3, -0.25) is 0 Å². The molecule has 1 aromatic rings. The van der Waals surface area contributed by atoms with Crippen molar-refractivity contribution in [3.05, 3.63) is 34.9 Å². The Kier molecular flexibility index (Phi) is 2.23. The van der Waals surface area contributed by atoms with E-state index in [0.29, 0.717) is 5.57 Å². The van der Waals surface area contributed by atoms with Gasteiger partial charge in [0.1, 0.15) is 12.4 Å². The van der Waals surface area contributed by atoms with Gasteiger partial charge in [-0.2, -0.15) is 0 Å². The number of ether oxygens (including phenoxy) is 1. The molecule has 1 aliphatic heterocycles. The van der Waals surface area contributed by atoms with E-state index in [1.165, 1.54) is 0 Å². The predicted molar refractivity (Wildman–Crippen MR) is 56.9 cm³/mol. The highest BCUT2D eigenvalue weighted by Crippen LogP contribution is 2.34. The summed E-state index contributed by atoms with van der Waals surface area (Å²) in [6.45, 7) is 3.93. The minimum atomic E-state index is -0.903. The zero-order valence-corrected chi connectivity index (χ0v) is 8.70. The van der Waals surface area contributed by atoms with E-state index in [1.807, 2.05) is 32.0 Å². The Bertz CT molecular complexity index is 458. The zero-order valence-electron chi connectivity index (χ0n) is 8.70. The number of hydrogen-bond acceptors (Lipinski definition) is 2. The summed E-state index contributed by atoms with van der Waals surface area (Å²) in [4.78, 5) is 10.9. The number of aliphatic carboxylic acids is 1. The van der Waals surface area contributed by atoms with E-state index >= 15 is 0 Å². The molecule has 0 fully saturated rings. The normalized spacial score (nSPS) is 14.5. The topological polar surface area (TPSA) is 46.5 Å². The molecule has 0 spiro atoms. The van der Waals surface area contributed by atoms with Crippen molar-refractivity contribution < 1.29 is 14.6 Å². The summed E-state index contributed by atoms with van der Waals surface area (Å²) in [5, 5.41) is 8.97. The number of carboxylic acid groups (broad SMARTS) is 1. The van der Waals surface area contributed by atoms with Gasteiger partial charge < -0.3 is 9.84 Å². The van der Waals surface area contributed by atoms with Crippen LogP contribution in [0.5, 0.6) is 5.75 Å². The number of benzene rings is 1. The molecule has 78 valence electrons. The van der Waals surface area contributed by atoms with Crippen LogP contribution in [0.2, 0.25) is 0 Å². The van der Waals surface area contributed by atoms with E-state index < -0.39 is 5.97 Å². The van der Waals surface area contributed by atoms with Crippen LogP contribution >= 0.6 is 0 Å². The number of carboxylic acids is 1. The molecule has 1 N–H and O–H groups in total. The molecule has 0 atom stereocenters. The fourth-order valence-corrected chi connectivity index (χ4v) is 1.78. The number of fused-ring (bicyclic) bond motifs is 1. The minimum Gasteiger partial charge on any atom is -0.488 e. The summed E-state index contributed by atoms with van der Waals surface area (Å²) in [5.74, 6) is -0.0975. The van der Waals surface area contributed by atoms with Crippen LogP contribution in [0.1, 0.15) is 18.1 Å². The Morgan fingerprint density at radius 2 is 2.13 bits per heavy atom. The van der Waals surface area contributed by atoms with Gasteiger partial charge in [0, 0.05) is 5.56 Å². The molecule has 2 rings (SSSR count). The van der Waals surface area contributed by atoms with Crippen LogP contribution in [0.25, 0.3) is 5.57 Å². The Balaban J connectivity index is 2.62. The Morgan fingerprint density at radius 1 is 1.40 bits per heavy atom. The molecule has 0 saturated heterocycles. The molecule has 0 aliphatic carbocycles. The zero-order chi connectivity index (χ0) is 11.0. The van der Waals surface area contributed by atoms with Crippen LogP contribution in [0.4, 0.5) is 0 Å². The van der Waals surface area contributed by atoms with Gasteiger partial charge in [0.15, 0.2) is 0 Å². The third-order valence-corrected chi connectivity index (χ3v) is 2.69. The van der Waals surface area contributed by atoms with Gasteiger partial charge in [0.25, 0.3) is 0 Å². The molecule has 1 aromatic carbocycles. The number of aryl methyl sites for hydroxylation is 1. The summed E-state index contributed by atoms with van der Waals surface area (Å²) < 4.78 is 5.46. The van der Waals surface area contributed by atoms with Crippen molar-refractivity contribution in [2.24, 2.45) is 0 Å². The van der Waals surface area contributed by atoms with Crippen LogP contribution in [0.3, 0.4) is 0 Å². The monoisotopic (exact) mass is 204 g/mol. The largest absolute Gasteiger partial charge is 0.488 e. The first-order valence-corrected chi connectivity index (χ1v) is 4.77. The molecule has 3 heteroatoms. The molecule has 0 unspecified atom stereocenters. The minimum absolute atomic E-state index is 0.152. The van der Waals surface area contributed by atoms with E-state index in [9.17, 15) is 4.79 Å². The Labute approximate surface area is 88.0 Å². The average Bonchev–Trinajstić information content (AvgIpc) is 2.19. The predicted octanol–water partition coefficient (Wildman–Crippen LogP) is 2.25. The van der Waals surface area contributed by atoms with Crippen LogP contribution in [0, 0.1) is 6.92 Å². The fraction of sp³-hybridized carbons (Fsp3) is 0.250. The fourth-order valence-electron chi connectivity index (χ4n) is 1.78. The average molecular weight is 204 g/mol. The van der Waals surface area contributed by atoms with Gasteiger partial charge in [-0.05, 0) is 25.0 Å². The third-order valence-electron chi connectivity index (χ3n) is 2.69. The molecular formula is C12H12O3. The lowest BCUT2D eigenvalue weighted by Crippen LogP contribution is -2.17. The third kappa shape index (κ3) is 1.50. The van der Waals surface area contributed by atoms with E-state index in [-0.39, 0.29) is 6.61 Å². The molecular weight excluding hydrogens is 192 g/mol. The van der Waals surface area contributed by atoms with E-state index in [2.05, 4.69) is 0 Å². The SMILES string of the molecule is CC1=C(C(=O)O)COc2c(C)cccc21. The van der Waals surface area contributed by atoms with Crippen molar-refractivity contribution in [3.8, 4) is 5.75 Å². The highest BCUT2D eigenvalue weighted by atomic mass is 16.5. The smallest absolute Gasteiger partial charge is 0.335 e. The lowest BCUT2D eigenvalue weighted by atomic mass is 9.96. The van der Waals surface area contributed by atoms with Crippen molar-refractivity contribution in [3.63, 3.8) is 0 Å². The summed E-state index contributed by atoms with van der Waals surface area (Å²) in [7, 11) is 0. The summed E-state index contributed by atoms with van der Waals surface area (Å²) in [5.41, 5.74) is 3.07. The van der Waals surface area contributed by atoms with Gasteiger partial charge in [-0.15, -0.1) is 0 Å². The summed E-state index contributed by atoms with van der Waals surface area (Å²) >= 11 is 0. The first-order valence-electron chi connectivity index (χ1n) is 4.77. The van der Waals surface area contributed by atoms with Crippen molar-refractivity contribution in [2.75, 3.05) is 6.61 Å². The van der Waals surface area contributed by atoms with E-state index in [4.69, 9.17) is 9.84 Å². The lowest BCUT2D eigenvalue weighted by Gasteiger charge is -2.21. The number of carbonyl (C=O) groups is 1. The van der Waals surface area contributed by atoms with Crippen molar-refractivity contribution in [2.45, 2.75) is 13.8 Å². The highest BCUT2D eigenvalue weighted by molar-refractivity contribution is 5.98. The maximum Gasteiger partial charge on any atom is 0.335 e. The van der Waals surface area contributed by atoms with Gasteiger partial charge in [0.2, 0.25) is 0 Å². The van der Waals surface area contributed by atoms with Gasteiger partial charge >= 0.3 is 5.97 Å². The van der Waals surface area contributed by atoms with E-state index in [1.54, 1.807) is 0 Å². The Morgan fingerprint density at radius 3 is 2.80 bits per heavy atom. The number of hydrogen-bond donors (Lipinski definition) is 1. The molecule has 1 aliphatic rings. The first-order chi connectivity index (χ1) is 7.11. The van der Waals surface area contributed by atoms with Crippen LogP contribution in [0.15, 0.2) is 23.8 Å². The molecule has 0 amide bonds. The summed E-state index contributed by atoms with van der Waals surface area (Å²) in [6.07, 6.45) is 0. The van der Waals surface area contributed by atoms with Gasteiger partial charge in [-0.25, -0.2) is 4.79 Å². The lowest BCUT2D eigenvalue weighted by molar-refractivity contribution is -0.133. The quantitative estimate of drug-likeness (QED) is 0.763. The van der Waals surface area contributed by atoms with Crippen molar-refractivity contribution in [1.82, 2.24) is 0 Å². The Hall–Kier alpha value is -1.77. The number of rotatable bonds is 1. The molecule has 3 nitrogen and oxygen atoms in total. The van der Waals surface area contributed by atoms with Gasteiger partial charge in [0.05, 0.1) is 5.57 Å². The molecule has 0 saturated carbocycles. The summed E-state index contributed by atoms with van der Waals surface area (Å²) in [6, 6.07) is 5.75. The van der Waals surface area contributed by atoms with E-state index in [0.717, 1.165) is 22.4 Å². The van der Waals surface area contributed by atoms with Gasteiger partial charge in [-0.1, -0.05) is 18.2 Å². The molecule has 0 aromatic heterocycles. The molecule has 1 heterocycles. The maximum absolute atomic E-state index is 10.9. The molecule has 0 radical (unpaired) electrons. The standard InChI is InChI=1S/C12H12O3/c1-7-4-3-5-9-8(2)10(12(13)14)6-15-11(7)9/h3-5H,6H2,1-2H3,(H,13,14). The second-order valence-electron chi connectivity index (χ2n) is 3.65. The number of allylic oxidation sites excluding steroid dienone is 1. The molecule has 0 bridgehead atoms. The highest BCUT2D eigenvalue weighted by Gasteiger charge is 2.22. The first kappa shape index (κ1) is 9.77. The van der Waals surface area contributed by atoms with Crippen molar-refractivity contribution in [1.29, 1.82) is 0 Å².